The van der Waals surface area contributed by atoms with Crippen LogP contribution in [0.2, 0.25) is 0 Å². The van der Waals surface area contributed by atoms with Crippen LogP contribution in [0.25, 0.3) is 0 Å². The molecule has 0 saturated carbocycles. The van der Waals surface area contributed by atoms with Crippen LogP contribution in [-0.2, 0) is 4.74 Å². The van der Waals surface area contributed by atoms with Crippen molar-refractivity contribution < 1.29 is 9.13 Å². The van der Waals surface area contributed by atoms with Gasteiger partial charge >= 0.3 is 0 Å². The van der Waals surface area contributed by atoms with E-state index in [4.69, 9.17) is 10.5 Å². The van der Waals surface area contributed by atoms with E-state index in [1.54, 1.807) is 7.11 Å². The van der Waals surface area contributed by atoms with Gasteiger partial charge < -0.3 is 15.4 Å². The van der Waals surface area contributed by atoms with Gasteiger partial charge in [-0.05, 0) is 37.1 Å². The Labute approximate surface area is 126 Å². The van der Waals surface area contributed by atoms with Gasteiger partial charge in [0.25, 0.3) is 0 Å². The number of ether oxygens (including phenoxy) is 1. The maximum absolute atomic E-state index is 12.9. The lowest BCUT2D eigenvalue weighted by Crippen LogP contribution is -2.50. The molecule has 118 valence electrons. The van der Waals surface area contributed by atoms with Gasteiger partial charge in [0.2, 0.25) is 0 Å². The molecule has 0 aliphatic carbocycles. The van der Waals surface area contributed by atoms with E-state index in [1.165, 1.54) is 12.1 Å². The van der Waals surface area contributed by atoms with Crippen LogP contribution in [0.3, 0.4) is 0 Å². The number of halogens is 1. The molecule has 0 bridgehead atoms. The number of nitrogens with two attached hydrogens (primary N) is 1. The lowest BCUT2D eigenvalue weighted by molar-refractivity contribution is 0.183. The second-order valence-corrected chi connectivity index (χ2v) is 5.66. The van der Waals surface area contributed by atoms with Crippen LogP contribution >= 0.6 is 0 Å². The van der Waals surface area contributed by atoms with Crippen LogP contribution in [0.5, 0.6) is 0 Å². The SMILES string of the molecule is COCCCC(N)CN1CCN(c2ccc(F)cc2)CC1. The average molecular weight is 295 g/mol. The number of nitrogens with zero attached hydrogens (tertiary/aromatic N) is 2. The van der Waals surface area contributed by atoms with Gasteiger partial charge in [0.05, 0.1) is 0 Å². The van der Waals surface area contributed by atoms with Gasteiger partial charge in [0, 0.05) is 58.2 Å². The lowest BCUT2D eigenvalue weighted by atomic mass is 10.1. The second-order valence-electron chi connectivity index (χ2n) is 5.66. The maximum atomic E-state index is 12.9. The second kappa shape index (κ2) is 8.32. The summed E-state index contributed by atoms with van der Waals surface area (Å²) in [6.07, 6.45) is 2.03. The smallest absolute Gasteiger partial charge is 0.123 e. The Kier molecular flexibility index (Phi) is 6.42. The van der Waals surface area contributed by atoms with E-state index < -0.39 is 0 Å². The summed E-state index contributed by atoms with van der Waals surface area (Å²) in [7, 11) is 1.72. The van der Waals surface area contributed by atoms with Crippen molar-refractivity contribution in [3.8, 4) is 0 Å². The third kappa shape index (κ3) is 5.26. The maximum Gasteiger partial charge on any atom is 0.123 e. The molecular formula is C16H26FN3O. The van der Waals surface area contributed by atoms with E-state index in [1.807, 2.05) is 12.1 Å². The number of hydrogen-bond donors (Lipinski definition) is 1. The molecular weight excluding hydrogens is 269 g/mol. The predicted molar refractivity (Wildman–Crippen MR) is 84.1 cm³/mol. The molecule has 0 amide bonds. The average Bonchev–Trinajstić information content (AvgIpc) is 2.49. The fourth-order valence-corrected chi connectivity index (χ4v) is 2.75. The minimum absolute atomic E-state index is 0.181. The van der Waals surface area contributed by atoms with Crippen molar-refractivity contribution in [1.82, 2.24) is 4.90 Å². The van der Waals surface area contributed by atoms with Crippen molar-refractivity contribution in [3.63, 3.8) is 0 Å². The topological polar surface area (TPSA) is 41.7 Å². The Morgan fingerprint density at radius 2 is 1.86 bits per heavy atom. The number of benzene rings is 1. The Bertz CT molecular complexity index is 404. The van der Waals surface area contributed by atoms with Crippen LogP contribution in [0, 0.1) is 5.82 Å². The summed E-state index contributed by atoms with van der Waals surface area (Å²) in [6.45, 7) is 5.69. The summed E-state index contributed by atoms with van der Waals surface area (Å²) in [5.74, 6) is -0.181. The lowest BCUT2D eigenvalue weighted by Gasteiger charge is -2.37. The molecule has 1 saturated heterocycles. The van der Waals surface area contributed by atoms with Crippen LogP contribution in [0.15, 0.2) is 24.3 Å². The van der Waals surface area contributed by atoms with Gasteiger partial charge in [0.1, 0.15) is 5.82 Å². The number of anilines is 1. The molecule has 2 N–H and O–H groups in total. The van der Waals surface area contributed by atoms with Crippen molar-refractivity contribution in [2.24, 2.45) is 5.73 Å². The first-order chi connectivity index (χ1) is 10.2. The van der Waals surface area contributed by atoms with Crippen molar-refractivity contribution >= 4 is 5.69 Å². The normalized spacial score (nSPS) is 18.0. The van der Waals surface area contributed by atoms with Crippen molar-refractivity contribution in [1.29, 1.82) is 0 Å². The van der Waals surface area contributed by atoms with E-state index in [9.17, 15) is 4.39 Å². The highest BCUT2D eigenvalue weighted by Gasteiger charge is 2.18. The van der Waals surface area contributed by atoms with Crippen LogP contribution in [0.1, 0.15) is 12.8 Å². The van der Waals surface area contributed by atoms with E-state index in [0.29, 0.717) is 0 Å². The zero-order chi connectivity index (χ0) is 15.1. The first-order valence-electron chi connectivity index (χ1n) is 7.66. The molecule has 1 aromatic rings. The molecule has 1 aliphatic rings. The Hall–Kier alpha value is -1.17. The summed E-state index contributed by atoms with van der Waals surface area (Å²) in [5, 5.41) is 0. The highest BCUT2D eigenvalue weighted by molar-refractivity contribution is 5.46. The minimum atomic E-state index is -0.181. The van der Waals surface area contributed by atoms with Gasteiger partial charge in [-0.15, -0.1) is 0 Å². The zero-order valence-corrected chi connectivity index (χ0v) is 12.8. The van der Waals surface area contributed by atoms with Crippen LogP contribution < -0.4 is 10.6 Å². The Morgan fingerprint density at radius 1 is 1.19 bits per heavy atom. The number of methoxy groups -OCH3 is 1. The summed E-state index contributed by atoms with van der Waals surface area (Å²) >= 11 is 0. The highest BCUT2D eigenvalue weighted by Crippen LogP contribution is 2.17. The van der Waals surface area contributed by atoms with E-state index >= 15 is 0 Å². The third-order valence-corrected chi connectivity index (χ3v) is 3.98. The Morgan fingerprint density at radius 3 is 2.48 bits per heavy atom. The zero-order valence-electron chi connectivity index (χ0n) is 12.8. The van der Waals surface area contributed by atoms with Crippen molar-refractivity contribution in [2.45, 2.75) is 18.9 Å². The molecule has 1 unspecified atom stereocenters. The van der Waals surface area contributed by atoms with Crippen LogP contribution in [-0.4, -0.2) is 57.4 Å². The molecule has 1 aromatic carbocycles. The molecule has 1 fully saturated rings. The number of rotatable bonds is 7. The highest BCUT2D eigenvalue weighted by atomic mass is 19.1. The molecule has 0 spiro atoms. The predicted octanol–water partition coefficient (Wildman–Crippen LogP) is 1.70. The fraction of sp³-hybridized carbons (Fsp3) is 0.625. The molecule has 1 atom stereocenters. The summed E-state index contributed by atoms with van der Waals surface area (Å²) < 4.78 is 18.0. The monoisotopic (exact) mass is 295 g/mol. The summed E-state index contributed by atoms with van der Waals surface area (Å²) in [6, 6.07) is 6.96. The van der Waals surface area contributed by atoms with Gasteiger partial charge in [-0.1, -0.05) is 0 Å². The summed E-state index contributed by atoms with van der Waals surface area (Å²) in [4.78, 5) is 4.71. The molecule has 0 aromatic heterocycles. The molecule has 1 heterocycles. The number of piperazine rings is 1. The minimum Gasteiger partial charge on any atom is -0.385 e. The fourth-order valence-electron chi connectivity index (χ4n) is 2.75. The van der Waals surface area contributed by atoms with Crippen molar-refractivity contribution in [2.75, 3.05) is 51.3 Å². The van der Waals surface area contributed by atoms with Gasteiger partial charge in [-0.25, -0.2) is 4.39 Å². The van der Waals surface area contributed by atoms with Gasteiger partial charge in [0.15, 0.2) is 0 Å². The summed E-state index contributed by atoms with van der Waals surface area (Å²) in [5.41, 5.74) is 7.25. The Balaban J connectivity index is 1.71. The van der Waals surface area contributed by atoms with E-state index in [0.717, 1.165) is 57.9 Å². The number of hydrogen-bond acceptors (Lipinski definition) is 4. The molecule has 1 aliphatic heterocycles. The molecule has 2 rings (SSSR count). The van der Waals surface area contributed by atoms with Crippen molar-refractivity contribution in [3.05, 3.63) is 30.1 Å². The first-order valence-corrected chi connectivity index (χ1v) is 7.66. The quantitative estimate of drug-likeness (QED) is 0.778. The van der Waals surface area contributed by atoms with E-state index in [2.05, 4.69) is 9.80 Å². The van der Waals surface area contributed by atoms with Crippen LogP contribution in [0.4, 0.5) is 10.1 Å². The molecule has 4 nitrogen and oxygen atoms in total. The van der Waals surface area contributed by atoms with Gasteiger partial charge in [-0.2, -0.15) is 0 Å². The standard InChI is InChI=1S/C16H26FN3O/c1-21-12-2-3-15(18)13-19-8-10-20(11-9-19)16-6-4-14(17)5-7-16/h4-7,15H,2-3,8-13,18H2,1H3. The van der Waals surface area contributed by atoms with Gasteiger partial charge in [-0.3, -0.25) is 4.90 Å². The largest absolute Gasteiger partial charge is 0.385 e. The first kappa shape index (κ1) is 16.2. The third-order valence-electron chi connectivity index (χ3n) is 3.98. The van der Waals surface area contributed by atoms with E-state index in [-0.39, 0.29) is 11.9 Å². The molecule has 5 heteroatoms. The molecule has 0 radical (unpaired) electrons. The molecule has 21 heavy (non-hydrogen) atoms.